The second-order valence-corrected chi connectivity index (χ2v) is 3.71. The van der Waals surface area contributed by atoms with E-state index in [1.807, 2.05) is 20.8 Å². The van der Waals surface area contributed by atoms with Crippen molar-refractivity contribution < 1.29 is 13.5 Å². The zero-order chi connectivity index (χ0) is 9.78. The number of halogens is 2. The van der Waals surface area contributed by atoms with Crippen molar-refractivity contribution in [2.45, 2.75) is 26.8 Å². The molecule has 1 unspecified atom stereocenters. The van der Waals surface area contributed by atoms with E-state index >= 15 is 0 Å². The highest BCUT2D eigenvalue weighted by molar-refractivity contribution is 4.78. The molecule has 12 heavy (non-hydrogen) atoms. The molecule has 0 aliphatic heterocycles. The van der Waals surface area contributed by atoms with Crippen molar-refractivity contribution >= 4 is 0 Å². The Morgan fingerprint density at radius 1 is 1.50 bits per heavy atom. The summed E-state index contributed by atoms with van der Waals surface area (Å²) < 4.78 is 27.5. The van der Waals surface area contributed by atoms with Gasteiger partial charge < -0.3 is 10.5 Å². The van der Waals surface area contributed by atoms with Crippen molar-refractivity contribution in [2.24, 2.45) is 11.1 Å². The monoisotopic (exact) mass is 179 g/mol. The molecule has 0 radical (unpaired) electrons. The van der Waals surface area contributed by atoms with Crippen LogP contribution in [-0.2, 0) is 4.74 Å². The van der Waals surface area contributed by atoms with Crippen molar-refractivity contribution in [1.29, 1.82) is 0 Å². The predicted molar refractivity (Wildman–Crippen MR) is 43.7 cm³/mol. The highest BCUT2D eigenvalue weighted by Crippen LogP contribution is 2.17. The Balaban J connectivity index is 3.73. The van der Waals surface area contributed by atoms with Crippen LogP contribution in [0.2, 0.25) is 0 Å². The molecule has 0 aromatic carbocycles. The van der Waals surface area contributed by atoms with E-state index in [1.54, 1.807) is 0 Å². The fourth-order valence-corrected chi connectivity index (χ4v) is 0.465. The molecule has 0 aliphatic carbocycles. The van der Waals surface area contributed by atoms with Gasteiger partial charge in [-0.2, -0.15) is 8.78 Å². The minimum absolute atomic E-state index is 0.112. The zero-order valence-corrected chi connectivity index (χ0v) is 7.60. The summed E-state index contributed by atoms with van der Waals surface area (Å²) in [5.74, 6) is 0. The summed E-state index contributed by atoms with van der Waals surface area (Å²) in [5, 5.41) is 0. The maximum Gasteiger partial charge on any atom is 0.304 e. The average Bonchev–Trinajstić information content (AvgIpc) is 1.84. The van der Waals surface area contributed by atoms with Crippen LogP contribution in [0.25, 0.3) is 0 Å². The summed E-state index contributed by atoms with van der Waals surface area (Å²) in [6, 6.07) is -0.243. The summed E-state index contributed by atoms with van der Waals surface area (Å²) in [4.78, 5) is 0. The van der Waals surface area contributed by atoms with Gasteiger partial charge in [0.15, 0.2) is 0 Å². The van der Waals surface area contributed by atoms with Crippen LogP contribution in [0.4, 0.5) is 8.78 Å². The number of hydrogen-bond donors (Lipinski definition) is 1. The van der Waals surface area contributed by atoms with Crippen LogP contribution in [0.1, 0.15) is 20.8 Å². The molecular formula is C8H15F2NO. The fourth-order valence-electron chi connectivity index (χ4n) is 0.465. The van der Waals surface area contributed by atoms with Gasteiger partial charge in [-0.1, -0.05) is 20.8 Å². The number of nitrogens with two attached hydrogens (primary N) is 1. The van der Waals surface area contributed by atoms with Gasteiger partial charge >= 0.3 is 6.08 Å². The fraction of sp³-hybridized carbons (Fsp3) is 0.750. The Hall–Kier alpha value is -0.640. The lowest BCUT2D eigenvalue weighted by Gasteiger charge is -2.25. The smallest absolute Gasteiger partial charge is 0.304 e. The third-order valence-electron chi connectivity index (χ3n) is 1.56. The van der Waals surface area contributed by atoms with E-state index in [4.69, 9.17) is 5.73 Å². The van der Waals surface area contributed by atoms with Crippen LogP contribution in [0.3, 0.4) is 0 Å². The summed E-state index contributed by atoms with van der Waals surface area (Å²) in [6.45, 7) is 5.89. The average molecular weight is 179 g/mol. The molecule has 72 valence electrons. The highest BCUT2D eigenvalue weighted by Gasteiger charge is 2.20. The molecule has 1 atom stereocenters. The standard InChI is InChI=1S/C8H15F2NO/c1-8(2,3)6(11)4-12-5-7(9)10/h5-6H,4,11H2,1-3H3. The molecule has 2 N–H and O–H groups in total. The van der Waals surface area contributed by atoms with Crippen molar-refractivity contribution in [3.8, 4) is 0 Å². The normalized spacial score (nSPS) is 13.8. The molecule has 0 saturated carbocycles. The van der Waals surface area contributed by atoms with E-state index in [-0.39, 0.29) is 18.1 Å². The van der Waals surface area contributed by atoms with Gasteiger partial charge in [-0.3, -0.25) is 0 Å². The Morgan fingerprint density at radius 2 is 2.00 bits per heavy atom. The lowest BCUT2D eigenvalue weighted by atomic mass is 9.88. The molecular weight excluding hydrogens is 164 g/mol. The first-order chi connectivity index (χ1) is 5.34. The number of rotatable bonds is 3. The van der Waals surface area contributed by atoms with E-state index in [0.717, 1.165) is 0 Å². The Labute approximate surface area is 71.4 Å². The van der Waals surface area contributed by atoms with Gasteiger partial charge in [0, 0.05) is 6.04 Å². The van der Waals surface area contributed by atoms with E-state index in [1.165, 1.54) is 0 Å². The summed E-state index contributed by atoms with van der Waals surface area (Å²) in [6.07, 6.45) is -1.41. The zero-order valence-electron chi connectivity index (χ0n) is 7.60. The molecule has 2 nitrogen and oxygen atoms in total. The van der Waals surface area contributed by atoms with Crippen LogP contribution >= 0.6 is 0 Å². The first-order valence-corrected chi connectivity index (χ1v) is 3.72. The summed E-state index contributed by atoms with van der Waals surface area (Å²) in [5.41, 5.74) is 5.51. The van der Waals surface area contributed by atoms with Gasteiger partial charge in [0.2, 0.25) is 0 Å². The SMILES string of the molecule is CC(C)(C)C(N)COC=C(F)F. The Bertz CT molecular complexity index is 159. The van der Waals surface area contributed by atoms with Crippen LogP contribution in [0.5, 0.6) is 0 Å². The van der Waals surface area contributed by atoms with E-state index in [2.05, 4.69) is 4.74 Å². The van der Waals surface area contributed by atoms with Gasteiger partial charge in [0.25, 0.3) is 0 Å². The molecule has 4 heteroatoms. The van der Waals surface area contributed by atoms with Gasteiger partial charge in [0.05, 0.1) is 0 Å². The maximum atomic E-state index is 11.5. The molecule has 0 saturated heterocycles. The van der Waals surface area contributed by atoms with Crippen molar-refractivity contribution in [3.05, 3.63) is 12.3 Å². The molecule has 0 aliphatic rings. The lowest BCUT2D eigenvalue weighted by Crippen LogP contribution is -2.38. The molecule has 0 fully saturated rings. The third-order valence-corrected chi connectivity index (χ3v) is 1.56. The van der Waals surface area contributed by atoms with Gasteiger partial charge in [-0.05, 0) is 5.41 Å². The van der Waals surface area contributed by atoms with Gasteiger partial charge in [-0.25, -0.2) is 0 Å². The van der Waals surface area contributed by atoms with Crippen molar-refractivity contribution in [3.63, 3.8) is 0 Å². The second kappa shape index (κ2) is 4.40. The largest absolute Gasteiger partial charge is 0.494 e. The van der Waals surface area contributed by atoms with Gasteiger partial charge in [0.1, 0.15) is 12.9 Å². The molecule has 0 spiro atoms. The number of ether oxygens (including phenoxy) is 1. The molecule has 0 heterocycles. The van der Waals surface area contributed by atoms with Crippen LogP contribution in [0.15, 0.2) is 12.3 Å². The molecule has 0 rings (SSSR count). The van der Waals surface area contributed by atoms with Gasteiger partial charge in [-0.15, -0.1) is 0 Å². The minimum Gasteiger partial charge on any atom is -0.494 e. The number of hydrogen-bond acceptors (Lipinski definition) is 2. The first-order valence-electron chi connectivity index (χ1n) is 3.72. The van der Waals surface area contributed by atoms with Crippen LogP contribution in [-0.4, -0.2) is 12.6 Å². The van der Waals surface area contributed by atoms with Crippen LogP contribution < -0.4 is 5.73 Å². The second-order valence-electron chi connectivity index (χ2n) is 3.71. The quantitative estimate of drug-likeness (QED) is 0.673. The Morgan fingerprint density at radius 3 is 2.33 bits per heavy atom. The lowest BCUT2D eigenvalue weighted by molar-refractivity contribution is 0.156. The van der Waals surface area contributed by atoms with E-state index < -0.39 is 6.08 Å². The maximum absolute atomic E-state index is 11.5. The third kappa shape index (κ3) is 5.07. The van der Waals surface area contributed by atoms with Crippen molar-refractivity contribution in [1.82, 2.24) is 0 Å². The molecule has 0 aromatic heterocycles. The topological polar surface area (TPSA) is 35.2 Å². The van der Waals surface area contributed by atoms with E-state index in [0.29, 0.717) is 6.26 Å². The summed E-state index contributed by atoms with van der Waals surface area (Å²) >= 11 is 0. The van der Waals surface area contributed by atoms with Crippen molar-refractivity contribution in [2.75, 3.05) is 6.61 Å². The van der Waals surface area contributed by atoms with E-state index in [9.17, 15) is 8.78 Å². The predicted octanol–water partition coefficient (Wildman–Crippen LogP) is 2.11. The molecule has 0 bridgehead atoms. The highest BCUT2D eigenvalue weighted by atomic mass is 19.3. The summed E-state index contributed by atoms with van der Waals surface area (Å²) in [7, 11) is 0. The molecule has 0 aromatic rings. The molecule has 0 amide bonds. The minimum atomic E-state index is -1.84. The van der Waals surface area contributed by atoms with Crippen LogP contribution in [0, 0.1) is 5.41 Å². The Kier molecular flexibility index (Phi) is 4.17. The first kappa shape index (κ1) is 11.4.